The molecule has 0 fully saturated rings. The number of anilines is 2. The van der Waals surface area contributed by atoms with Gasteiger partial charge in [0.2, 0.25) is 0 Å². The number of carbonyl (C=O) groups is 2. The van der Waals surface area contributed by atoms with Crippen molar-refractivity contribution in [3.8, 4) is 0 Å². The number of halogens is 1. The summed E-state index contributed by atoms with van der Waals surface area (Å²) in [4.78, 5) is 35.1. The highest BCUT2D eigenvalue weighted by Gasteiger charge is 2.24. The van der Waals surface area contributed by atoms with Crippen molar-refractivity contribution in [3.05, 3.63) is 78.1 Å². The number of nitrogens with zero attached hydrogens (tertiary/aromatic N) is 4. The summed E-state index contributed by atoms with van der Waals surface area (Å²) in [7, 11) is 0. The topological polar surface area (TPSA) is 130 Å². The third-order valence-corrected chi connectivity index (χ3v) is 4.60. The first-order valence-electron chi connectivity index (χ1n) is 9.33. The van der Waals surface area contributed by atoms with Gasteiger partial charge in [0.05, 0.1) is 47.4 Å². The van der Waals surface area contributed by atoms with Crippen molar-refractivity contribution >= 4 is 34.2 Å². The van der Waals surface area contributed by atoms with Gasteiger partial charge in [-0.25, -0.2) is 9.37 Å². The van der Waals surface area contributed by atoms with Crippen LogP contribution >= 0.6 is 0 Å². The van der Waals surface area contributed by atoms with Crippen molar-refractivity contribution < 1.29 is 14.0 Å². The third-order valence-electron chi connectivity index (χ3n) is 4.60. The highest BCUT2D eigenvalue weighted by Crippen LogP contribution is 2.24. The van der Waals surface area contributed by atoms with E-state index < -0.39 is 17.6 Å². The second-order valence-corrected chi connectivity index (χ2v) is 6.78. The van der Waals surface area contributed by atoms with Crippen LogP contribution in [0.2, 0.25) is 0 Å². The lowest BCUT2D eigenvalue weighted by atomic mass is 10.2. The van der Waals surface area contributed by atoms with Gasteiger partial charge in [-0.2, -0.15) is 5.10 Å². The Bertz CT molecular complexity index is 1230. The van der Waals surface area contributed by atoms with Gasteiger partial charge in [0.1, 0.15) is 11.6 Å². The molecule has 31 heavy (non-hydrogen) atoms. The maximum atomic E-state index is 13.2. The zero-order valence-electron chi connectivity index (χ0n) is 16.2. The van der Waals surface area contributed by atoms with E-state index in [0.29, 0.717) is 16.6 Å². The number of aromatic nitrogens is 4. The molecule has 4 rings (SSSR count). The Kier molecular flexibility index (Phi) is 5.52. The fourth-order valence-corrected chi connectivity index (χ4v) is 3.07. The number of rotatable bonds is 5. The minimum atomic E-state index is -0.861. The van der Waals surface area contributed by atoms with Crippen LogP contribution in [0, 0.1) is 5.82 Å². The SMILES string of the molecule is Nc1ncc(NC(=O)C(=O)N(Cc2ccccc2)Cc2ccc(F)cn2)c2[nH]ncc12. The van der Waals surface area contributed by atoms with Crippen LogP contribution < -0.4 is 11.1 Å². The number of hydrogen-bond acceptors (Lipinski definition) is 6. The number of hydrogen-bond donors (Lipinski definition) is 3. The van der Waals surface area contributed by atoms with Crippen molar-refractivity contribution in [2.75, 3.05) is 11.1 Å². The van der Waals surface area contributed by atoms with Crippen LogP contribution in [0.1, 0.15) is 11.3 Å². The molecule has 0 aliphatic rings. The predicted molar refractivity (Wildman–Crippen MR) is 112 cm³/mol. The van der Waals surface area contributed by atoms with Gasteiger partial charge < -0.3 is 16.0 Å². The largest absolute Gasteiger partial charge is 0.383 e. The minimum absolute atomic E-state index is 0.0287. The monoisotopic (exact) mass is 419 g/mol. The summed E-state index contributed by atoms with van der Waals surface area (Å²) in [6, 6.07) is 11.9. The zero-order valence-corrected chi connectivity index (χ0v) is 16.2. The van der Waals surface area contributed by atoms with E-state index in [0.717, 1.165) is 11.8 Å². The van der Waals surface area contributed by atoms with Crippen LogP contribution in [-0.4, -0.2) is 36.9 Å². The Hall–Kier alpha value is -4.34. The van der Waals surface area contributed by atoms with E-state index >= 15 is 0 Å². The smallest absolute Gasteiger partial charge is 0.314 e. The van der Waals surface area contributed by atoms with Gasteiger partial charge in [-0.05, 0) is 17.7 Å². The number of nitrogens with two attached hydrogens (primary N) is 1. The molecule has 0 saturated carbocycles. The van der Waals surface area contributed by atoms with Crippen LogP contribution in [0.25, 0.3) is 10.9 Å². The molecule has 9 nitrogen and oxygen atoms in total. The number of nitrogen functional groups attached to an aromatic ring is 1. The number of aromatic amines is 1. The molecule has 0 radical (unpaired) electrons. The summed E-state index contributed by atoms with van der Waals surface area (Å²) in [5, 5.41) is 9.72. The average molecular weight is 419 g/mol. The molecule has 0 unspecified atom stereocenters. The number of fused-ring (bicyclic) bond motifs is 1. The number of nitrogens with one attached hydrogen (secondary N) is 2. The fraction of sp³-hybridized carbons (Fsp3) is 0.0952. The molecule has 4 N–H and O–H groups in total. The van der Waals surface area contributed by atoms with Crippen LogP contribution in [0.5, 0.6) is 0 Å². The predicted octanol–water partition coefficient (Wildman–Crippen LogP) is 2.24. The molecular formula is C21H18FN7O2. The Morgan fingerprint density at radius 3 is 2.58 bits per heavy atom. The van der Waals surface area contributed by atoms with Crippen molar-refractivity contribution in [1.82, 2.24) is 25.1 Å². The van der Waals surface area contributed by atoms with Gasteiger partial charge in [0.25, 0.3) is 0 Å². The van der Waals surface area contributed by atoms with Crippen molar-refractivity contribution in [3.63, 3.8) is 0 Å². The zero-order chi connectivity index (χ0) is 21.8. The molecule has 0 atom stereocenters. The lowest BCUT2D eigenvalue weighted by molar-refractivity contribution is -0.144. The number of H-pyrrole nitrogens is 1. The first-order chi connectivity index (χ1) is 15.0. The number of benzene rings is 1. The van der Waals surface area contributed by atoms with E-state index in [1.54, 1.807) is 0 Å². The van der Waals surface area contributed by atoms with Crippen molar-refractivity contribution in [2.24, 2.45) is 0 Å². The van der Waals surface area contributed by atoms with E-state index in [4.69, 9.17) is 5.73 Å². The minimum Gasteiger partial charge on any atom is -0.383 e. The molecule has 1 aromatic carbocycles. The molecule has 0 spiro atoms. The van der Waals surface area contributed by atoms with Crippen LogP contribution in [0.4, 0.5) is 15.9 Å². The second kappa shape index (κ2) is 8.57. The van der Waals surface area contributed by atoms with E-state index in [1.165, 1.54) is 29.4 Å². The lowest BCUT2D eigenvalue weighted by Crippen LogP contribution is -2.39. The summed E-state index contributed by atoms with van der Waals surface area (Å²) in [5.41, 5.74) is 7.81. The van der Waals surface area contributed by atoms with E-state index in [9.17, 15) is 14.0 Å². The van der Waals surface area contributed by atoms with Gasteiger partial charge in [-0.1, -0.05) is 30.3 Å². The van der Waals surface area contributed by atoms with Crippen LogP contribution in [0.15, 0.2) is 61.1 Å². The molecule has 3 aromatic heterocycles. The lowest BCUT2D eigenvalue weighted by Gasteiger charge is -2.22. The molecular weight excluding hydrogens is 401 g/mol. The average Bonchev–Trinajstić information content (AvgIpc) is 3.28. The molecule has 0 aliphatic carbocycles. The van der Waals surface area contributed by atoms with Gasteiger partial charge in [0.15, 0.2) is 0 Å². The Morgan fingerprint density at radius 2 is 1.84 bits per heavy atom. The Balaban J connectivity index is 1.57. The highest BCUT2D eigenvalue weighted by atomic mass is 19.1. The Morgan fingerprint density at radius 1 is 1.03 bits per heavy atom. The van der Waals surface area contributed by atoms with Gasteiger partial charge >= 0.3 is 11.8 Å². The van der Waals surface area contributed by atoms with Crippen molar-refractivity contribution in [1.29, 1.82) is 0 Å². The summed E-state index contributed by atoms with van der Waals surface area (Å²) in [5.74, 6) is -1.87. The first-order valence-corrected chi connectivity index (χ1v) is 9.33. The summed E-state index contributed by atoms with van der Waals surface area (Å²) >= 11 is 0. The molecule has 156 valence electrons. The molecule has 2 amide bonds. The van der Waals surface area contributed by atoms with Gasteiger partial charge in [0, 0.05) is 6.54 Å². The number of carbonyl (C=O) groups excluding carboxylic acids is 2. The highest BCUT2D eigenvalue weighted by molar-refractivity contribution is 6.40. The summed E-state index contributed by atoms with van der Waals surface area (Å²) < 4.78 is 13.2. The van der Waals surface area contributed by atoms with E-state index in [2.05, 4.69) is 25.5 Å². The molecule has 0 saturated heterocycles. The van der Waals surface area contributed by atoms with E-state index in [-0.39, 0.29) is 24.6 Å². The summed E-state index contributed by atoms with van der Waals surface area (Å²) in [6.45, 7) is 0.201. The molecule has 4 aromatic rings. The van der Waals surface area contributed by atoms with Crippen LogP contribution in [-0.2, 0) is 22.7 Å². The quantitative estimate of drug-likeness (QED) is 0.426. The maximum Gasteiger partial charge on any atom is 0.314 e. The second-order valence-electron chi connectivity index (χ2n) is 6.78. The third kappa shape index (κ3) is 4.47. The molecule has 10 heteroatoms. The fourth-order valence-electron chi connectivity index (χ4n) is 3.07. The Labute approximate surface area is 176 Å². The molecule has 3 heterocycles. The van der Waals surface area contributed by atoms with Crippen molar-refractivity contribution in [2.45, 2.75) is 13.1 Å². The van der Waals surface area contributed by atoms with Gasteiger partial charge in [-0.15, -0.1) is 0 Å². The molecule has 0 aliphatic heterocycles. The van der Waals surface area contributed by atoms with E-state index in [1.807, 2.05) is 30.3 Å². The maximum absolute atomic E-state index is 13.2. The van der Waals surface area contributed by atoms with Crippen LogP contribution in [0.3, 0.4) is 0 Å². The summed E-state index contributed by atoms with van der Waals surface area (Å²) in [6.07, 6.45) is 3.90. The molecule has 0 bridgehead atoms. The number of amides is 2. The first kappa shape index (κ1) is 20.0. The standard InChI is InChI=1S/C21H18FN7O2/c22-14-6-7-15(24-8-14)12-29(11-13-4-2-1-3-5-13)21(31)20(30)27-17-10-25-19(23)16-9-26-28-18(16)17/h1-10H,11-12H2,(H2,23,25)(H,26,28)(H,27,30). The van der Waals surface area contributed by atoms with Gasteiger partial charge in [-0.3, -0.25) is 19.7 Å². The number of pyridine rings is 2. The normalized spacial score (nSPS) is 10.7.